The highest BCUT2D eigenvalue weighted by Crippen LogP contribution is 2.27. The second-order valence-corrected chi connectivity index (χ2v) is 7.40. The van der Waals surface area contributed by atoms with E-state index in [-0.39, 0.29) is 24.4 Å². The van der Waals surface area contributed by atoms with E-state index in [4.69, 9.17) is 21.1 Å². The second-order valence-electron chi connectivity index (χ2n) is 6.97. The van der Waals surface area contributed by atoms with Crippen LogP contribution in [0.1, 0.15) is 18.9 Å². The first-order chi connectivity index (χ1) is 14.5. The maximum Gasteiger partial charge on any atom is 0.331 e. The van der Waals surface area contributed by atoms with E-state index in [1.807, 2.05) is 24.0 Å². The van der Waals surface area contributed by atoms with Crippen LogP contribution in [0.4, 0.5) is 4.39 Å². The molecule has 0 spiro atoms. The average Bonchev–Trinajstić information content (AvgIpc) is 3.12. The molecule has 30 heavy (non-hydrogen) atoms. The zero-order valence-electron chi connectivity index (χ0n) is 16.3. The number of carbonyl (C=O) groups is 1. The van der Waals surface area contributed by atoms with Crippen molar-refractivity contribution in [3.63, 3.8) is 0 Å². The molecule has 0 aliphatic carbocycles. The molecule has 5 nitrogen and oxygen atoms in total. The van der Waals surface area contributed by atoms with Gasteiger partial charge in [-0.05, 0) is 60.5 Å². The minimum absolute atomic E-state index is 0.145. The quantitative estimate of drug-likeness (QED) is 0.598. The Labute approximate surface area is 179 Å². The molecule has 0 aromatic heterocycles. The summed E-state index contributed by atoms with van der Waals surface area (Å²) in [5.74, 6) is 1.19. The number of esters is 1. The fourth-order valence-corrected chi connectivity index (χ4v) is 3.51. The summed E-state index contributed by atoms with van der Waals surface area (Å²) < 4.78 is 24.2. The lowest BCUT2D eigenvalue weighted by Gasteiger charge is -2.26. The molecule has 0 saturated carbocycles. The predicted octanol–water partition coefficient (Wildman–Crippen LogP) is 5.17. The van der Waals surface area contributed by atoms with E-state index in [1.165, 1.54) is 12.1 Å². The highest BCUT2D eigenvalue weighted by atomic mass is 35.5. The van der Waals surface area contributed by atoms with Gasteiger partial charge in [0.05, 0.1) is 6.04 Å². The molecule has 2 aliphatic heterocycles. The first kappa shape index (κ1) is 20.2. The molecule has 0 fully saturated rings. The molecular weight excluding hydrogens is 407 g/mol. The average molecular weight is 427 g/mol. The van der Waals surface area contributed by atoms with Gasteiger partial charge in [-0.3, -0.25) is 4.99 Å². The Morgan fingerprint density at radius 2 is 1.80 bits per heavy atom. The van der Waals surface area contributed by atoms with Crippen LogP contribution in [-0.4, -0.2) is 28.8 Å². The number of allylic oxidation sites excluding steroid dienone is 2. The predicted molar refractivity (Wildman–Crippen MR) is 113 cm³/mol. The molecule has 2 aliphatic rings. The highest BCUT2D eigenvalue weighted by Gasteiger charge is 2.40. The van der Waals surface area contributed by atoms with E-state index in [2.05, 4.69) is 4.99 Å². The van der Waals surface area contributed by atoms with E-state index in [0.717, 1.165) is 5.56 Å². The first-order valence-electron chi connectivity index (χ1n) is 9.64. The van der Waals surface area contributed by atoms with Gasteiger partial charge in [0.2, 0.25) is 0 Å². The molecular formula is C23H20ClFN2O3. The topological polar surface area (TPSA) is 51.1 Å². The third kappa shape index (κ3) is 4.39. The Morgan fingerprint density at radius 1 is 1.13 bits per heavy atom. The van der Waals surface area contributed by atoms with E-state index in [1.54, 1.807) is 42.6 Å². The molecule has 2 aromatic rings. The number of nitrogens with zero attached hydrogens (tertiary/aromatic N) is 2. The van der Waals surface area contributed by atoms with Crippen LogP contribution in [0.2, 0.25) is 0 Å². The Hall–Kier alpha value is -3.12. The van der Waals surface area contributed by atoms with E-state index >= 15 is 0 Å². The third-order valence-electron chi connectivity index (χ3n) is 4.90. The number of rotatable bonds is 6. The number of benzene rings is 2. The molecule has 2 heterocycles. The summed E-state index contributed by atoms with van der Waals surface area (Å²) in [5.41, 5.74) is 0.833. The molecule has 0 radical (unpaired) electrons. The Morgan fingerprint density at radius 3 is 2.47 bits per heavy atom. The SMILES string of the molecule is CCC1N=C2C=C(Cl)C=CN2C1C(=O)OCc1ccc(Oc2ccc(F)cc2)cc1. The summed E-state index contributed by atoms with van der Waals surface area (Å²) in [4.78, 5) is 19.2. The Balaban J connectivity index is 1.36. The van der Waals surface area contributed by atoms with Crippen LogP contribution in [0.15, 0.2) is 76.9 Å². The molecule has 0 N–H and O–H groups in total. The highest BCUT2D eigenvalue weighted by molar-refractivity contribution is 6.33. The van der Waals surface area contributed by atoms with Gasteiger partial charge in [-0.25, -0.2) is 9.18 Å². The van der Waals surface area contributed by atoms with Crippen molar-refractivity contribution in [1.82, 2.24) is 4.90 Å². The van der Waals surface area contributed by atoms with Gasteiger partial charge in [-0.15, -0.1) is 0 Å². The van der Waals surface area contributed by atoms with Crippen molar-refractivity contribution in [1.29, 1.82) is 0 Å². The van der Waals surface area contributed by atoms with E-state index in [9.17, 15) is 9.18 Å². The van der Waals surface area contributed by atoms with Gasteiger partial charge < -0.3 is 14.4 Å². The number of amidine groups is 1. The number of carbonyl (C=O) groups excluding carboxylic acids is 1. The molecule has 7 heteroatoms. The number of fused-ring (bicyclic) bond motifs is 1. The molecule has 2 unspecified atom stereocenters. The molecule has 4 rings (SSSR count). The van der Waals surface area contributed by atoms with Crippen molar-refractivity contribution < 1.29 is 18.7 Å². The zero-order chi connectivity index (χ0) is 21.1. The molecule has 2 atom stereocenters. The standard InChI is InChI=1S/C23H20ClFN2O3/c1-2-20-22(27-12-11-16(24)13-21(27)26-20)23(28)29-14-15-3-7-18(8-4-15)30-19-9-5-17(25)6-10-19/h3-13,20,22H,2,14H2,1H3. The maximum absolute atomic E-state index is 13.0. The van der Waals surface area contributed by atoms with Crippen LogP contribution in [0.3, 0.4) is 0 Å². The van der Waals surface area contributed by atoms with Crippen LogP contribution in [0, 0.1) is 5.82 Å². The van der Waals surface area contributed by atoms with Crippen LogP contribution in [0.25, 0.3) is 0 Å². The normalized spacial score (nSPS) is 19.8. The van der Waals surface area contributed by atoms with Crippen molar-refractivity contribution in [3.05, 3.63) is 83.3 Å². The molecule has 154 valence electrons. The number of hydrogen-bond donors (Lipinski definition) is 0. The smallest absolute Gasteiger partial charge is 0.331 e. The van der Waals surface area contributed by atoms with Crippen molar-refractivity contribution >= 4 is 23.4 Å². The summed E-state index contributed by atoms with van der Waals surface area (Å²) in [7, 11) is 0. The molecule has 0 amide bonds. The summed E-state index contributed by atoms with van der Waals surface area (Å²) in [6.07, 6.45) is 5.97. The fourth-order valence-electron chi connectivity index (χ4n) is 3.36. The van der Waals surface area contributed by atoms with Crippen molar-refractivity contribution in [2.75, 3.05) is 0 Å². The third-order valence-corrected chi connectivity index (χ3v) is 5.14. The van der Waals surface area contributed by atoms with Gasteiger partial charge in [-0.2, -0.15) is 0 Å². The largest absolute Gasteiger partial charge is 0.459 e. The van der Waals surface area contributed by atoms with Crippen LogP contribution >= 0.6 is 11.6 Å². The van der Waals surface area contributed by atoms with Crippen LogP contribution < -0.4 is 4.74 Å². The molecule has 0 saturated heterocycles. The van der Waals surface area contributed by atoms with Gasteiger partial charge in [0.15, 0.2) is 6.04 Å². The lowest BCUT2D eigenvalue weighted by atomic mass is 10.1. The van der Waals surface area contributed by atoms with Gasteiger partial charge in [-0.1, -0.05) is 30.7 Å². The van der Waals surface area contributed by atoms with Crippen molar-refractivity contribution in [2.45, 2.75) is 32.0 Å². The lowest BCUT2D eigenvalue weighted by molar-refractivity contribution is -0.149. The minimum Gasteiger partial charge on any atom is -0.459 e. The summed E-state index contributed by atoms with van der Waals surface area (Å²) in [6, 6.07) is 12.3. The number of halogens is 2. The van der Waals surface area contributed by atoms with Gasteiger partial charge >= 0.3 is 5.97 Å². The maximum atomic E-state index is 13.0. The molecule has 2 aromatic carbocycles. The van der Waals surface area contributed by atoms with E-state index in [0.29, 0.717) is 28.8 Å². The second kappa shape index (κ2) is 8.71. The number of aliphatic imine (C=N–C) groups is 1. The summed E-state index contributed by atoms with van der Waals surface area (Å²) in [6.45, 7) is 2.13. The van der Waals surface area contributed by atoms with Gasteiger partial charge in [0.25, 0.3) is 0 Å². The van der Waals surface area contributed by atoms with Crippen molar-refractivity contribution in [3.8, 4) is 11.5 Å². The first-order valence-corrected chi connectivity index (χ1v) is 10.0. The van der Waals surface area contributed by atoms with Crippen LogP contribution in [0.5, 0.6) is 11.5 Å². The molecule has 0 bridgehead atoms. The van der Waals surface area contributed by atoms with Crippen LogP contribution in [-0.2, 0) is 16.1 Å². The zero-order valence-corrected chi connectivity index (χ0v) is 17.1. The monoisotopic (exact) mass is 426 g/mol. The number of ether oxygens (including phenoxy) is 2. The minimum atomic E-state index is -0.497. The summed E-state index contributed by atoms with van der Waals surface area (Å²) in [5, 5.41) is 0.580. The Kier molecular flexibility index (Phi) is 5.86. The summed E-state index contributed by atoms with van der Waals surface area (Å²) >= 11 is 6.04. The Bertz CT molecular complexity index is 1020. The number of hydrogen-bond acceptors (Lipinski definition) is 5. The fraction of sp³-hybridized carbons (Fsp3) is 0.217. The lowest BCUT2D eigenvalue weighted by Crippen LogP contribution is -2.43. The van der Waals surface area contributed by atoms with Gasteiger partial charge in [0.1, 0.15) is 29.8 Å². The van der Waals surface area contributed by atoms with Gasteiger partial charge in [0, 0.05) is 11.2 Å². The van der Waals surface area contributed by atoms with Crippen molar-refractivity contribution in [2.24, 2.45) is 4.99 Å². The van der Waals surface area contributed by atoms with E-state index < -0.39 is 6.04 Å².